The molecule has 1 fully saturated rings. The quantitative estimate of drug-likeness (QED) is 0.142. The average molecular weight is 614 g/mol. The van der Waals surface area contributed by atoms with Gasteiger partial charge < -0.3 is 35.3 Å². The van der Waals surface area contributed by atoms with Crippen molar-refractivity contribution in [3.63, 3.8) is 0 Å². The van der Waals surface area contributed by atoms with E-state index in [0.29, 0.717) is 62.1 Å². The molecule has 0 aliphatic carbocycles. The van der Waals surface area contributed by atoms with Gasteiger partial charge in [-0.25, -0.2) is 0 Å². The van der Waals surface area contributed by atoms with Gasteiger partial charge in [0.1, 0.15) is 11.5 Å². The number of unbranched alkanes of at least 4 members (excludes halogenated alkanes) is 1. The van der Waals surface area contributed by atoms with Crippen LogP contribution in [-0.2, 0) is 21.4 Å². The van der Waals surface area contributed by atoms with E-state index in [-0.39, 0.29) is 23.6 Å². The molecule has 5 N–H and O–H groups in total. The summed E-state index contributed by atoms with van der Waals surface area (Å²) in [7, 11) is 0. The Morgan fingerprint density at radius 3 is 2.40 bits per heavy atom. The molecule has 5 rings (SSSR count). The minimum absolute atomic E-state index is 0.0122. The lowest BCUT2D eigenvalue weighted by Gasteiger charge is -2.39. The highest BCUT2D eigenvalue weighted by molar-refractivity contribution is 5.87. The summed E-state index contributed by atoms with van der Waals surface area (Å²) >= 11 is 0. The van der Waals surface area contributed by atoms with E-state index < -0.39 is 17.5 Å². The number of aliphatic carboxylic acids is 1. The molecule has 3 aromatic carbocycles. The van der Waals surface area contributed by atoms with Gasteiger partial charge in [0.05, 0.1) is 30.1 Å². The molecule has 0 spiro atoms. The number of amides is 1. The molecule has 0 saturated carbocycles. The standard InChI is InChI=1S/C35H39N3O7/c39-29-14-12-27(28-13-15-31(41)37-33(28)29)30(40)23-36-18-4-5-21-45-26-10-8-24(9-11-26)22-32(42)38-19-16-35(17-20-38,34(43)44)25-6-2-1-3-7-25/h1-3,6-15,30,36,39-40H,4-5,16-23H2,(H,37,41)(H,43,44). The van der Waals surface area contributed by atoms with Crippen molar-refractivity contribution in [3.8, 4) is 11.5 Å². The van der Waals surface area contributed by atoms with Crippen LogP contribution in [0.3, 0.4) is 0 Å². The van der Waals surface area contributed by atoms with E-state index in [4.69, 9.17) is 4.74 Å². The molecule has 0 bridgehead atoms. The highest BCUT2D eigenvalue weighted by Gasteiger charge is 2.43. The highest BCUT2D eigenvalue weighted by Crippen LogP contribution is 2.36. The third kappa shape index (κ3) is 7.53. The highest BCUT2D eigenvalue weighted by atomic mass is 16.5. The maximum atomic E-state index is 13.0. The third-order valence-electron chi connectivity index (χ3n) is 8.60. The Labute approximate surface area is 261 Å². The van der Waals surface area contributed by atoms with E-state index >= 15 is 0 Å². The number of benzene rings is 3. The molecule has 4 aromatic rings. The van der Waals surface area contributed by atoms with Crippen LogP contribution >= 0.6 is 0 Å². The van der Waals surface area contributed by atoms with Crippen molar-refractivity contribution in [2.45, 2.75) is 43.6 Å². The monoisotopic (exact) mass is 613 g/mol. The zero-order valence-corrected chi connectivity index (χ0v) is 25.1. The summed E-state index contributed by atoms with van der Waals surface area (Å²) in [6.07, 6.45) is 1.87. The lowest BCUT2D eigenvalue weighted by molar-refractivity contribution is -0.148. The first kappa shape index (κ1) is 31.7. The number of nitrogens with one attached hydrogen (secondary N) is 2. The Hall–Kier alpha value is -4.67. The molecule has 236 valence electrons. The van der Waals surface area contributed by atoms with Crippen LogP contribution in [0, 0.1) is 0 Å². The van der Waals surface area contributed by atoms with Gasteiger partial charge in [0.25, 0.3) is 0 Å². The van der Waals surface area contributed by atoms with E-state index in [1.54, 1.807) is 17.0 Å². The number of likely N-dealkylation sites (tertiary alicyclic amines) is 1. The number of phenols is 1. The number of carbonyl (C=O) groups is 2. The summed E-state index contributed by atoms with van der Waals surface area (Å²) in [5.74, 6) is -0.172. The smallest absolute Gasteiger partial charge is 0.314 e. The molecule has 0 radical (unpaired) electrons. The molecule has 1 amide bonds. The Morgan fingerprint density at radius 2 is 1.69 bits per heavy atom. The molecule has 1 saturated heterocycles. The SMILES string of the molecule is O=C(Cc1ccc(OCCCCNCC(O)c2ccc(O)c3[nH]c(=O)ccc23)cc1)N1CCC(C(=O)O)(c2ccccc2)CC1. The van der Waals surface area contributed by atoms with Gasteiger partial charge in [-0.15, -0.1) is 0 Å². The van der Waals surface area contributed by atoms with Crippen LogP contribution in [0.2, 0.25) is 0 Å². The number of carboxylic acids is 1. The molecule has 10 nitrogen and oxygen atoms in total. The van der Waals surface area contributed by atoms with Crippen molar-refractivity contribution in [2.75, 3.05) is 32.8 Å². The second-order valence-corrected chi connectivity index (χ2v) is 11.5. The normalized spacial score (nSPS) is 15.1. The number of nitrogens with zero attached hydrogens (tertiary/aromatic N) is 1. The van der Waals surface area contributed by atoms with Gasteiger partial charge in [-0.1, -0.05) is 48.5 Å². The molecular formula is C35H39N3O7. The average Bonchev–Trinajstić information content (AvgIpc) is 3.05. The Morgan fingerprint density at radius 1 is 0.956 bits per heavy atom. The predicted octanol–water partition coefficient (Wildman–Crippen LogP) is 3.90. The number of aliphatic hydroxyl groups excluding tert-OH is 1. The number of hydrogen-bond acceptors (Lipinski definition) is 7. The van der Waals surface area contributed by atoms with Crippen LogP contribution in [0.5, 0.6) is 11.5 Å². The maximum absolute atomic E-state index is 13.0. The van der Waals surface area contributed by atoms with Crippen LogP contribution in [0.1, 0.15) is 48.5 Å². The summed E-state index contributed by atoms with van der Waals surface area (Å²) in [6.45, 7) is 2.35. The summed E-state index contributed by atoms with van der Waals surface area (Å²) in [5.41, 5.74) is 1.32. The largest absolute Gasteiger partial charge is 0.506 e. The second-order valence-electron chi connectivity index (χ2n) is 11.5. The van der Waals surface area contributed by atoms with Gasteiger partial charge >= 0.3 is 5.97 Å². The van der Waals surface area contributed by atoms with E-state index in [9.17, 15) is 29.7 Å². The van der Waals surface area contributed by atoms with Gasteiger partial charge in [-0.3, -0.25) is 14.4 Å². The van der Waals surface area contributed by atoms with E-state index in [0.717, 1.165) is 29.7 Å². The molecule has 1 atom stereocenters. The number of ether oxygens (including phenoxy) is 1. The van der Waals surface area contributed by atoms with Crippen molar-refractivity contribution >= 4 is 22.8 Å². The van der Waals surface area contributed by atoms with Gasteiger partial charge in [-0.2, -0.15) is 0 Å². The number of carbonyl (C=O) groups excluding carboxylic acids is 1. The number of aromatic nitrogens is 1. The summed E-state index contributed by atoms with van der Waals surface area (Å²) < 4.78 is 5.85. The number of aliphatic hydroxyl groups is 1. The number of aromatic hydroxyl groups is 1. The van der Waals surface area contributed by atoms with Gasteiger partial charge in [0.15, 0.2) is 0 Å². The zero-order valence-electron chi connectivity index (χ0n) is 25.1. The van der Waals surface area contributed by atoms with Gasteiger partial charge in [0.2, 0.25) is 11.5 Å². The Balaban J connectivity index is 0.999. The lowest BCUT2D eigenvalue weighted by atomic mass is 9.73. The molecule has 1 aliphatic heterocycles. The van der Waals surface area contributed by atoms with Crippen molar-refractivity contribution in [2.24, 2.45) is 0 Å². The van der Waals surface area contributed by atoms with Crippen LogP contribution in [0.15, 0.2) is 83.7 Å². The first-order valence-electron chi connectivity index (χ1n) is 15.3. The number of aromatic amines is 1. The lowest BCUT2D eigenvalue weighted by Crippen LogP contribution is -2.49. The molecule has 45 heavy (non-hydrogen) atoms. The number of H-pyrrole nitrogens is 1. The van der Waals surface area contributed by atoms with Crippen LogP contribution in [-0.4, -0.2) is 69.9 Å². The minimum Gasteiger partial charge on any atom is -0.506 e. The molecule has 2 heterocycles. The van der Waals surface area contributed by atoms with E-state index in [1.165, 1.54) is 12.1 Å². The zero-order chi connectivity index (χ0) is 31.8. The number of fused-ring (bicyclic) bond motifs is 1. The van der Waals surface area contributed by atoms with Gasteiger partial charge in [0, 0.05) is 31.1 Å². The molecule has 1 aliphatic rings. The summed E-state index contributed by atoms with van der Waals surface area (Å²) in [4.78, 5) is 41.1. The summed E-state index contributed by atoms with van der Waals surface area (Å²) in [6, 6.07) is 22.8. The predicted molar refractivity (Wildman–Crippen MR) is 171 cm³/mol. The van der Waals surface area contributed by atoms with Crippen molar-refractivity contribution < 1.29 is 29.6 Å². The fourth-order valence-corrected chi connectivity index (χ4v) is 5.95. The van der Waals surface area contributed by atoms with E-state index in [2.05, 4.69) is 10.3 Å². The topological polar surface area (TPSA) is 152 Å². The number of hydrogen-bond donors (Lipinski definition) is 5. The number of carboxylic acid groups (broad SMARTS) is 1. The Bertz CT molecular complexity index is 1660. The maximum Gasteiger partial charge on any atom is 0.314 e. The fraction of sp³-hybridized carbons (Fsp3) is 0.343. The van der Waals surface area contributed by atoms with Crippen molar-refractivity contribution in [1.82, 2.24) is 15.2 Å². The Kier molecular flexibility index (Phi) is 10.2. The molecular weight excluding hydrogens is 574 g/mol. The van der Waals surface area contributed by atoms with Crippen LogP contribution in [0.25, 0.3) is 10.9 Å². The van der Waals surface area contributed by atoms with Crippen LogP contribution in [0.4, 0.5) is 0 Å². The number of phenolic OH excluding ortho intramolecular Hbond substituents is 1. The van der Waals surface area contributed by atoms with Crippen molar-refractivity contribution in [1.29, 1.82) is 0 Å². The second kappa shape index (κ2) is 14.4. The number of rotatable bonds is 13. The van der Waals surface area contributed by atoms with Crippen molar-refractivity contribution in [3.05, 3.63) is 106 Å². The summed E-state index contributed by atoms with van der Waals surface area (Å²) in [5, 5.41) is 34.5. The molecule has 1 unspecified atom stereocenters. The van der Waals surface area contributed by atoms with E-state index in [1.807, 2.05) is 54.6 Å². The number of pyridine rings is 1. The van der Waals surface area contributed by atoms with Crippen LogP contribution < -0.4 is 15.6 Å². The first-order valence-corrected chi connectivity index (χ1v) is 15.3. The molecule has 1 aromatic heterocycles. The third-order valence-corrected chi connectivity index (χ3v) is 8.60. The van der Waals surface area contributed by atoms with Gasteiger partial charge in [-0.05, 0) is 73.2 Å². The molecule has 10 heteroatoms. The minimum atomic E-state index is -0.957. The fourth-order valence-electron chi connectivity index (χ4n) is 5.95. The number of piperidine rings is 1. The first-order chi connectivity index (χ1) is 21.8.